The van der Waals surface area contributed by atoms with Gasteiger partial charge in [-0.15, -0.1) is 0 Å². The first-order chi connectivity index (χ1) is 8.52. The molecule has 2 nitrogen and oxygen atoms in total. The maximum Gasteiger partial charge on any atom is 0.0337 e. The highest BCUT2D eigenvalue weighted by atomic mass is 15.3. The van der Waals surface area contributed by atoms with Crippen molar-refractivity contribution in [2.75, 3.05) is 13.1 Å². The van der Waals surface area contributed by atoms with E-state index in [1.165, 1.54) is 38.8 Å². The molecule has 2 aliphatic rings. The van der Waals surface area contributed by atoms with E-state index in [9.17, 15) is 0 Å². The van der Waals surface area contributed by atoms with Crippen LogP contribution in [0.1, 0.15) is 60.3 Å². The standard InChI is InChI=1S/C16H32N2/c1-6-14(7-2)18-10-15(12(3)4)17-11-16(18,5)13-8-9-13/h12-15,17H,6-11H2,1-5H3. The third kappa shape index (κ3) is 2.60. The van der Waals surface area contributed by atoms with Gasteiger partial charge >= 0.3 is 0 Å². The lowest BCUT2D eigenvalue weighted by Crippen LogP contribution is -2.67. The number of nitrogens with one attached hydrogen (secondary N) is 1. The van der Waals surface area contributed by atoms with Crippen LogP contribution in [0.2, 0.25) is 0 Å². The van der Waals surface area contributed by atoms with Gasteiger partial charge in [0.25, 0.3) is 0 Å². The zero-order valence-corrected chi connectivity index (χ0v) is 13.0. The van der Waals surface area contributed by atoms with E-state index in [-0.39, 0.29) is 0 Å². The maximum absolute atomic E-state index is 3.82. The zero-order chi connectivity index (χ0) is 13.3. The Labute approximate surface area is 114 Å². The van der Waals surface area contributed by atoms with Gasteiger partial charge in [-0.1, -0.05) is 27.7 Å². The molecule has 106 valence electrons. The summed E-state index contributed by atoms with van der Waals surface area (Å²) in [5.41, 5.74) is 0.419. The van der Waals surface area contributed by atoms with Crippen LogP contribution in [-0.4, -0.2) is 35.6 Å². The van der Waals surface area contributed by atoms with Crippen molar-refractivity contribution in [1.82, 2.24) is 10.2 Å². The zero-order valence-electron chi connectivity index (χ0n) is 13.0. The number of hydrogen-bond donors (Lipinski definition) is 1. The van der Waals surface area contributed by atoms with Crippen LogP contribution < -0.4 is 5.32 Å². The quantitative estimate of drug-likeness (QED) is 0.808. The molecule has 2 heteroatoms. The maximum atomic E-state index is 3.82. The third-order valence-electron chi connectivity index (χ3n) is 5.42. The lowest BCUT2D eigenvalue weighted by Gasteiger charge is -2.53. The van der Waals surface area contributed by atoms with Crippen LogP contribution in [0.3, 0.4) is 0 Å². The Hall–Kier alpha value is -0.0800. The van der Waals surface area contributed by atoms with Gasteiger partial charge in [0.2, 0.25) is 0 Å². The van der Waals surface area contributed by atoms with Gasteiger partial charge < -0.3 is 5.32 Å². The summed E-state index contributed by atoms with van der Waals surface area (Å²) in [5.74, 6) is 1.68. The van der Waals surface area contributed by atoms with Gasteiger partial charge in [-0.25, -0.2) is 0 Å². The van der Waals surface area contributed by atoms with Crippen molar-refractivity contribution in [3.05, 3.63) is 0 Å². The van der Waals surface area contributed by atoms with E-state index in [1.807, 2.05) is 0 Å². The minimum atomic E-state index is 0.419. The molecule has 0 aromatic rings. The van der Waals surface area contributed by atoms with Crippen LogP contribution in [0, 0.1) is 11.8 Å². The second kappa shape index (κ2) is 5.50. The number of piperazine rings is 1. The molecule has 2 unspecified atom stereocenters. The largest absolute Gasteiger partial charge is 0.311 e. The summed E-state index contributed by atoms with van der Waals surface area (Å²) in [6.07, 6.45) is 5.48. The average molecular weight is 252 g/mol. The highest BCUT2D eigenvalue weighted by Crippen LogP contribution is 2.45. The predicted molar refractivity (Wildman–Crippen MR) is 78.8 cm³/mol. The molecule has 2 atom stereocenters. The van der Waals surface area contributed by atoms with Crippen LogP contribution >= 0.6 is 0 Å². The second-order valence-corrected chi connectivity index (χ2v) is 6.99. The molecule has 1 saturated heterocycles. The first-order valence-corrected chi connectivity index (χ1v) is 8.03. The van der Waals surface area contributed by atoms with Gasteiger partial charge in [0.05, 0.1) is 0 Å². The molecule has 1 heterocycles. The Bertz CT molecular complexity index is 268. The van der Waals surface area contributed by atoms with Crippen LogP contribution in [0.15, 0.2) is 0 Å². The summed E-state index contributed by atoms with van der Waals surface area (Å²) >= 11 is 0. The van der Waals surface area contributed by atoms with E-state index in [4.69, 9.17) is 0 Å². The molecule has 1 aliphatic heterocycles. The van der Waals surface area contributed by atoms with Crippen molar-refractivity contribution in [1.29, 1.82) is 0 Å². The van der Waals surface area contributed by atoms with E-state index in [0.717, 1.165) is 17.9 Å². The molecule has 0 amide bonds. The molecule has 1 saturated carbocycles. The molecule has 18 heavy (non-hydrogen) atoms. The van der Waals surface area contributed by atoms with Gasteiger partial charge in [0.15, 0.2) is 0 Å². The summed E-state index contributed by atoms with van der Waals surface area (Å²) in [4.78, 5) is 2.87. The molecule has 0 aromatic carbocycles. The topological polar surface area (TPSA) is 15.3 Å². The van der Waals surface area contributed by atoms with Crippen molar-refractivity contribution in [2.24, 2.45) is 11.8 Å². The van der Waals surface area contributed by atoms with E-state index >= 15 is 0 Å². The summed E-state index contributed by atoms with van der Waals surface area (Å²) in [6.45, 7) is 14.4. The Morgan fingerprint density at radius 2 is 1.83 bits per heavy atom. The first kappa shape index (κ1) is 14.3. The minimum Gasteiger partial charge on any atom is -0.311 e. The number of nitrogens with zero attached hydrogens (tertiary/aromatic N) is 1. The fourth-order valence-corrected chi connectivity index (χ4v) is 3.75. The van der Waals surface area contributed by atoms with Crippen LogP contribution in [-0.2, 0) is 0 Å². The smallest absolute Gasteiger partial charge is 0.0337 e. The van der Waals surface area contributed by atoms with E-state index in [1.54, 1.807) is 0 Å². The van der Waals surface area contributed by atoms with E-state index in [0.29, 0.717) is 11.6 Å². The summed E-state index contributed by atoms with van der Waals surface area (Å²) in [7, 11) is 0. The molecule has 1 N–H and O–H groups in total. The molecule has 2 rings (SSSR count). The van der Waals surface area contributed by atoms with Gasteiger partial charge in [-0.3, -0.25) is 4.90 Å². The van der Waals surface area contributed by atoms with Crippen LogP contribution in [0.4, 0.5) is 0 Å². The summed E-state index contributed by atoms with van der Waals surface area (Å²) in [6, 6.07) is 1.45. The minimum absolute atomic E-state index is 0.419. The molecular formula is C16H32N2. The van der Waals surface area contributed by atoms with E-state index < -0.39 is 0 Å². The lowest BCUT2D eigenvalue weighted by atomic mass is 9.85. The Morgan fingerprint density at radius 1 is 1.22 bits per heavy atom. The van der Waals surface area contributed by atoms with Crippen molar-refractivity contribution in [3.8, 4) is 0 Å². The van der Waals surface area contributed by atoms with Gasteiger partial charge in [-0.05, 0) is 44.4 Å². The van der Waals surface area contributed by atoms with Crippen LogP contribution in [0.5, 0.6) is 0 Å². The van der Waals surface area contributed by atoms with Crippen molar-refractivity contribution in [3.63, 3.8) is 0 Å². The molecular weight excluding hydrogens is 220 g/mol. The molecule has 0 radical (unpaired) electrons. The van der Waals surface area contributed by atoms with Gasteiger partial charge in [0, 0.05) is 30.7 Å². The highest BCUT2D eigenvalue weighted by molar-refractivity contribution is 5.06. The lowest BCUT2D eigenvalue weighted by molar-refractivity contribution is -0.0122. The summed E-state index contributed by atoms with van der Waals surface area (Å²) in [5, 5.41) is 3.82. The molecule has 0 aromatic heterocycles. The Kier molecular flexibility index (Phi) is 4.38. The van der Waals surface area contributed by atoms with Crippen molar-refractivity contribution < 1.29 is 0 Å². The SMILES string of the molecule is CCC(CC)N1CC(C(C)C)NCC1(C)C1CC1. The Morgan fingerprint density at radius 3 is 2.28 bits per heavy atom. The Balaban J connectivity index is 2.15. The van der Waals surface area contributed by atoms with E-state index in [2.05, 4.69) is 44.8 Å². The number of hydrogen-bond acceptors (Lipinski definition) is 2. The molecule has 2 fully saturated rings. The van der Waals surface area contributed by atoms with Crippen molar-refractivity contribution >= 4 is 0 Å². The highest BCUT2D eigenvalue weighted by Gasteiger charge is 2.49. The molecule has 0 bridgehead atoms. The molecule has 1 aliphatic carbocycles. The van der Waals surface area contributed by atoms with Crippen LogP contribution in [0.25, 0.3) is 0 Å². The normalized spacial score (nSPS) is 34.5. The fraction of sp³-hybridized carbons (Fsp3) is 1.00. The van der Waals surface area contributed by atoms with Gasteiger partial charge in [0.1, 0.15) is 0 Å². The number of rotatable bonds is 5. The van der Waals surface area contributed by atoms with Crippen molar-refractivity contribution in [2.45, 2.75) is 77.9 Å². The first-order valence-electron chi connectivity index (χ1n) is 8.03. The monoisotopic (exact) mass is 252 g/mol. The third-order valence-corrected chi connectivity index (χ3v) is 5.42. The summed E-state index contributed by atoms with van der Waals surface area (Å²) < 4.78 is 0. The second-order valence-electron chi connectivity index (χ2n) is 6.99. The van der Waals surface area contributed by atoms with Gasteiger partial charge in [-0.2, -0.15) is 0 Å². The fourth-order valence-electron chi connectivity index (χ4n) is 3.75. The predicted octanol–water partition coefficient (Wildman–Crippen LogP) is 3.27. The average Bonchev–Trinajstić information content (AvgIpc) is 3.17. The molecule has 0 spiro atoms.